The molecule has 1 heteroatoms. The lowest BCUT2D eigenvalue weighted by molar-refractivity contribution is 1.06. The largest absolute Gasteiger partial charge is 0.135 e. The fraction of sp³-hybridized carbons (Fsp3) is 0.0556. The van der Waals surface area contributed by atoms with Crippen LogP contribution in [0.15, 0.2) is 121 Å². The van der Waals surface area contributed by atoms with Crippen molar-refractivity contribution in [1.29, 1.82) is 0 Å². The van der Waals surface area contributed by atoms with Gasteiger partial charge < -0.3 is 0 Å². The smallest absolute Gasteiger partial charge is 0.0355 e. The maximum Gasteiger partial charge on any atom is 0.0355 e. The molecule has 0 saturated heterocycles. The average molecular weight is 489 g/mol. The van der Waals surface area contributed by atoms with Crippen molar-refractivity contribution >= 4 is 75.0 Å². The number of benzene rings is 6. The molecule has 7 aromatic rings. The number of hydrogen-bond acceptors (Lipinski definition) is 1. The van der Waals surface area contributed by atoms with Gasteiger partial charge in [-0.1, -0.05) is 97.1 Å². The van der Waals surface area contributed by atoms with E-state index in [4.69, 9.17) is 0 Å². The van der Waals surface area contributed by atoms with Crippen LogP contribution in [0.25, 0.3) is 63.6 Å². The summed E-state index contributed by atoms with van der Waals surface area (Å²) in [5.74, 6) is 0. The van der Waals surface area contributed by atoms with Gasteiger partial charge in [-0.2, -0.15) is 0 Å². The van der Waals surface area contributed by atoms with Crippen LogP contribution in [0.2, 0.25) is 0 Å². The molecule has 37 heavy (non-hydrogen) atoms. The quantitative estimate of drug-likeness (QED) is 0.212. The summed E-state index contributed by atoms with van der Waals surface area (Å²) >= 11 is 1.88. The molecule has 0 nitrogen and oxygen atoms in total. The second kappa shape index (κ2) is 8.16. The van der Waals surface area contributed by atoms with Crippen LogP contribution in [0.1, 0.15) is 24.0 Å². The van der Waals surface area contributed by atoms with Gasteiger partial charge in [0, 0.05) is 20.2 Å². The van der Waals surface area contributed by atoms with Gasteiger partial charge in [0.05, 0.1) is 0 Å². The van der Waals surface area contributed by atoms with E-state index in [-0.39, 0.29) is 0 Å². The normalized spacial score (nSPS) is 14.1. The average Bonchev–Trinajstić information content (AvgIpc) is 3.35. The fourth-order valence-corrected chi connectivity index (χ4v) is 7.23. The third-order valence-electron chi connectivity index (χ3n) is 7.93. The highest BCUT2D eigenvalue weighted by atomic mass is 32.1. The Morgan fingerprint density at radius 1 is 0.459 bits per heavy atom. The summed E-state index contributed by atoms with van der Waals surface area (Å²) in [5, 5.41) is 10.7. The van der Waals surface area contributed by atoms with Crippen LogP contribution in [0.3, 0.4) is 0 Å². The van der Waals surface area contributed by atoms with Crippen molar-refractivity contribution in [2.75, 3.05) is 0 Å². The zero-order chi connectivity index (χ0) is 24.3. The lowest BCUT2D eigenvalue weighted by Crippen LogP contribution is -1.94. The molecular weight excluding hydrogens is 464 g/mol. The van der Waals surface area contributed by atoms with Crippen LogP contribution in [-0.2, 0) is 0 Å². The third-order valence-corrected chi connectivity index (χ3v) is 9.08. The van der Waals surface area contributed by atoms with E-state index in [1.165, 1.54) is 74.8 Å². The zero-order valence-corrected chi connectivity index (χ0v) is 21.2. The van der Waals surface area contributed by atoms with E-state index in [0.717, 1.165) is 12.8 Å². The van der Waals surface area contributed by atoms with Crippen molar-refractivity contribution in [2.24, 2.45) is 0 Å². The predicted octanol–water partition coefficient (Wildman–Crippen LogP) is 10.8. The number of thiophene rings is 1. The first kappa shape index (κ1) is 20.9. The number of rotatable bonds is 2. The van der Waals surface area contributed by atoms with Crippen molar-refractivity contribution in [3.05, 3.63) is 132 Å². The van der Waals surface area contributed by atoms with Crippen LogP contribution >= 0.6 is 11.3 Å². The molecule has 0 amide bonds. The van der Waals surface area contributed by atoms with Crippen LogP contribution < -0.4 is 0 Å². The minimum Gasteiger partial charge on any atom is -0.135 e. The number of allylic oxidation sites excluding steroid dienone is 4. The highest BCUT2D eigenvalue weighted by Gasteiger charge is 2.14. The van der Waals surface area contributed by atoms with Gasteiger partial charge in [0.1, 0.15) is 0 Å². The second-order valence-corrected chi connectivity index (χ2v) is 11.1. The minimum absolute atomic E-state index is 1.07. The Morgan fingerprint density at radius 2 is 1.03 bits per heavy atom. The highest BCUT2D eigenvalue weighted by Crippen LogP contribution is 2.40. The molecular formula is C36H24S. The van der Waals surface area contributed by atoms with E-state index in [9.17, 15) is 0 Å². The molecule has 0 bridgehead atoms. The molecule has 0 unspecified atom stereocenters. The molecule has 0 saturated carbocycles. The third kappa shape index (κ3) is 3.28. The molecule has 1 aliphatic rings. The van der Waals surface area contributed by atoms with Crippen molar-refractivity contribution in [1.82, 2.24) is 0 Å². The standard InChI is InChI=1S/C36H24S/c1-2-12-29-27(10-1)28-11-3-4-13-30(28)33-21-25(16-18-31(29)33)23-8-7-9-24(20-23)26-17-19-36-34(22-26)32-14-5-6-15-35(32)37-36/h1-6,9-22H,7-8H2. The molecule has 8 rings (SSSR count). The van der Waals surface area contributed by atoms with Gasteiger partial charge in [0.2, 0.25) is 0 Å². The first-order valence-electron chi connectivity index (χ1n) is 13.0. The Kier molecular flexibility index (Phi) is 4.62. The Labute approximate surface area is 219 Å². The van der Waals surface area contributed by atoms with Crippen LogP contribution in [0, 0.1) is 0 Å². The van der Waals surface area contributed by atoms with Gasteiger partial charge in [-0.15, -0.1) is 11.3 Å². The molecule has 0 fully saturated rings. The van der Waals surface area contributed by atoms with E-state index >= 15 is 0 Å². The van der Waals surface area contributed by atoms with E-state index in [1.54, 1.807) is 0 Å². The fourth-order valence-electron chi connectivity index (χ4n) is 6.14. The molecule has 1 heterocycles. The molecule has 6 aromatic carbocycles. The maximum atomic E-state index is 2.43. The monoisotopic (exact) mass is 488 g/mol. The summed E-state index contributed by atoms with van der Waals surface area (Å²) < 4.78 is 2.72. The molecule has 0 spiro atoms. The molecule has 0 N–H and O–H groups in total. The topological polar surface area (TPSA) is 0 Å². The van der Waals surface area contributed by atoms with Gasteiger partial charge in [-0.3, -0.25) is 0 Å². The van der Waals surface area contributed by atoms with Gasteiger partial charge >= 0.3 is 0 Å². The summed E-state index contributed by atoms with van der Waals surface area (Å²) in [5.41, 5.74) is 5.40. The summed E-state index contributed by atoms with van der Waals surface area (Å²) in [4.78, 5) is 0. The van der Waals surface area contributed by atoms with Gasteiger partial charge in [-0.25, -0.2) is 0 Å². The van der Waals surface area contributed by atoms with E-state index < -0.39 is 0 Å². The van der Waals surface area contributed by atoms with Crippen molar-refractivity contribution < 1.29 is 0 Å². The van der Waals surface area contributed by atoms with Gasteiger partial charge in [0.25, 0.3) is 0 Å². The molecule has 0 atom stereocenters. The molecule has 174 valence electrons. The van der Waals surface area contributed by atoms with Crippen molar-refractivity contribution in [3.8, 4) is 0 Å². The van der Waals surface area contributed by atoms with E-state index in [2.05, 4.69) is 121 Å². The first-order chi connectivity index (χ1) is 18.3. The first-order valence-corrected chi connectivity index (χ1v) is 13.8. The lowest BCUT2D eigenvalue weighted by atomic mass is 9.88. The molecule has 1 aliphatic carbocycles. The minimum atomic E-state index is 1.07. The Hall–Kier alpha value is -4.20. The van der Waals surface area contributed by atoms with Gasteiger partial charge in [-0.05, 0) is 91.7 Å². The van der Waals surface area contributed by atoms with Crippen molar-refractivity contribution in [3.63, 3.8) is 0 Å². The summed E-state index contributed by atoms with van der Waals surface area (Å²) in [6.07, 6.45) is 6.97. The summed E-state index contributed by atoms with van der Waals surface area (Å²) in [7, 11) is 0. The summed E-state index contributed by atoms with van der Waals surface area (Å²) in [6.45, 7) is 0. The van der Waals surface area contributed by atoms with Crippen molar-refractivity contribution in [2.45, 2.75) is 12.8 Å². The molecule has 1 aromatic heterocycles. The Morgan fingerprint density at radius 3 is 1.78 bits per heavy atom. The molecule has 0 radical (unpaired) electrons. The van der Waals surface area contributed by atoms with Crippen LogP contribution in [-0.4, -0.2) is 0 Å². The number of fused-ring (bicyclic) bond motifs is 9. The van der Waals surface area contributed by atoms with Crippen LogP contribution in [0.5, 0.6) is 0 Å². The van der Waals surface area contributed by atoms with E-state index in [0.29, 0.717) is 0 Å². The lowest BCUT2D eigenvalue weighted by Gasteiger charge is -2.17. The maximum absolute atomic E-state index is 2.43. The SMILES string of the molecule is C1=C(c2ccc3sc4ccccc4c3c2)C=C(c2ccc3c4ccccc4c4ccccc4c3c2)CC1. The van der Waals surface area contributed by atoms with Crippen LogP contribution in [0.4, 0.5) is 0 Å². The Bertz CT molecular complexity index is 2050. The Balaban J connectivity index is 1.28. The molecule has 0 aliphatic heterocycles. The number of hydrogen-bond donors (Lipinski definition) is 0. The zero-order valence-electron chi connectivity index (χ0n) is 20.4. The highest BCUT2D eigenvalue weighted by molar-refractivity contribution is 7.25. The predicted molar refractivity (Wildman–Crippen MR) is 163 cm³/mol. The van der Waals surface area contributed by atoms with E-state index in [1.807, 2.05) is 11.3 Å². The second-order valence-electron chi connectivity index (χ2n) is 10.0. The van der Waals surface area contributed by atoms with Gasteiger partial charge in [0.15, 0.2) is 0 Å². The summed E-state index contributed by atoms with van der Waals surface area (Å²) in [6, 6.07) is 40.5.